The molecule has 6 heteroatoms. The number of carbonyl (C=O) groups is 1. The predicted octanol–water partition coefficient (Wildman–Crippen LogP) is 2.91. The smallest absolute Gasteiger partial charge is 0.278 e. The summed E-state index contributed by atoms with van der Waals surface area (Å²) < 4.78 is 13.2. The molecule has 1 atom stereocenters. The van der Waals surface area contributed by atoms with Gasteiger partial charge in [0.1, 0.15) is 0 Å². The average molecular weight is 343 g/mol. The first-order chi connectivity index (χ1) is 11.9. The second-order valence-corrected chi connectivity index (χ2v) is 6.68. The van der Waals surface area contributed by atoms with Gasteiger partial charge in [0.15, 0.2) is 11.4 Å². The lowest BCUT2D eigenvalue weighted by molar-refractivity contribution is -0.109. The van der Waals surface area contributed by atoms with Crippen LogP contribution in [-0.2, 0) is 4.74 Å². The van der Waals surface area contributed by atoms with Crippen molar-refractivity contribution in [2.45, 2.75) is 39.3 Å². The zero-order valence-corrected chi connectivity index (χ0v) is 15.2. The van der Waals surface area contributed by atoms with Crippen molar-refractivity contribution in [2.75, 3.05) is 19.8 Å². The molecule has 1 aromatic heterocycles. The van der Waals surface area contributed by atoms with Crippen molar-refractivity contribution >= 4 is 5.91 Å². The SMILES string of the molecule is CCOc1cn(-c2ccccc2)nc1C(=O)N1CCOC(C)(C)C1C. The van der Waals surface area contributed by atoms with Gasteiger partial charge >= 0.3 is 0 Å². The maximum atomic E-state index is 13.2. The molecular formula is C19H25N3O3. The van der Waals surface area contributed by atoms with Crippen LogP contribution < -0.4 is 4.74 Å². The molecule has 0 aliphatic carbocycles. The first kappa shape index (κ1) is 17.5. The summed E-state index contributed by atoms with van der Waals surface area (Å²) in [4.78, 5) is 15.0. The van der Waals surface area contributed by atoms with Crippen LogP contribution in [0.1, 0.15) is 38.2 Å². The summed E-state index contributed by atoms with van der Waals surface area (Å²) in [6, 6.07) is 9.65. The Kier molecular flexibility index (Phi) is 4.81. The molecule has 6 nitrogen and oxygen atoms in total. The molecule has 1 aliphatic heterocycles. The highest BCUT2D eigenvalue weighted by Gasteiger charge is 2.39. The molecule has 0 radical (unpaired) electrons. The number of morpholine rings is 1. The number of nitrogens with zero attached hydrogens (tertiary/aromatic N) is 3. The molecule has 0 N–H and O–H groups in total. The van der Waals surface area contributed by atoms with E-state index in [1.165, 1.54) is 0 Å². The molecule has 1 amide bonds. The lowest BCUT2D eigenvalue weighted by atomic mass is 9.96. The quantitative estimate of drug-likeness (QED) is 0.856. The number of amides is 1. The Bertz CT molecular complexity index is 740. The number of ether oxygens (including phenoxy) is 2. The van der Waals surface area contributed by atoms with Crippen LogP contribution in [0.3, 0.4) is 0 Å². The Morgan fingerprint density at radius 3 is 2.76 bits per heavy atom. The molecule has 2 aromatic rings. The second kappa shape index (κ2) is 6.88. The Morgan fingerprint density at radius 2 is 2.08 bits per heavy atom. The maximum absolute atomic E-state index is 13.2. The molecule has 1 aliphatic rings. The third-order valence-corrected chi connectivity index (χ3v) is 4.74. The van der Waals surface area contributed by atoms with Gasteiger partial charge in [-0.1, -0.05) is 18.2 Å². The minimum Gasteiger partial charge on any atom is -0.490 e. The van der Waals surface area contributed by atoms with Crippen LogP contribution in [0.15, 0.2) is 36.5 Å². The van der Waals surface area contributed by atoms with Gasteiger partial charge < -0.3 is 14.4 Å². The molecule has 0 spiro atoms. The molecule has 0 saturated carbocycles. The van der Waals surface area contributed by atoms with E-state index in [0.29, 0.717) is 31.2 Å². The van der Waals surface area contributed by atoms with Gasteiger partial charge in [0, 0.05) is 6.54 Å². The fraction of sp³-hybridized carbons (Fsp3) is 0.474. The molecule has 1 fully saturated rings. The number of hydrogen-bond acceptors (Lipinski definition) is 4. The number of aromatic nitrogens is 2. The van der Waals surface area contributed by atoms with Crippen LogP contribution in [0.5, 0.6) is 5.75 Å². The first-order valence-corrected chi connectivity index (χ1v) is 8.67. The Morgan fingerprint density at radius 1 is 1.36 bits per heavy atom. The second-order valence-electron chi connectivity index (χ2n) is 6.68. The Balaban J connectivity index is 1.95. The number of carbonyl (C=O) groups excluding carboxylic acids is 1. The summed E-state index contributed by atoms with van der Waals surface area (Å²) in [5.74, 6) is 0.384. The topological polar surface area (TPSA) is 56.6 Å². The predicted molar refractivity (Wildman–Crippen MR) is 95.3 cm³/mol. The monoisotopic (exact) mass is 343 g/mol. The average Bonchev–Trinajstić information content (AvgIpc) is 3.02. The van der Waals surface area contributed by atoms with Gasteiger partial charge in [-0.25, -0.2) is 4.68 Å². The van der Waals surface area contributed by atoms with Crippen molar-refractivity contribution in [3.63, 3.8) is 0 Å². The first-order valence-electron chi connectivity index (χ1n) is 8.67. The van der Waals surface area contributed by atoms with Crippen LogP contribution in [0, 0.1) is 0 Å². The van der Waals surface area contributed by atoms with Crippen LogP contribution in [0.25, 0.3) is 5.69 Å². The van der Waals surface area contributed by atoms with Crippen LogP contribution >= 0.6 is 0 Å². The van der Waals surface area contributed by atoms with E-state index in [1.54, 1.807) is 10.9 Å². The Labute approximate surface area is 148 Å². The molecule has 1 aromatic carbocycles. The zero-order chi connectivity index (χ0) is 18.0. The molecule has 134 valence electrons. The van der Waals surface area contributed by atoms with E-state index in [1.807, 2.05) is 62.9 Å². The molecule has 0 bridgehead atoms. The van der Waals surface area contributed by atoms with Crippen molar-refractivity contribution in [3.05, 3.63) is 42.2 Å². The molecule has 2 heterocycles. The summed E-state index contributed by atoms with van der Waals surface area (Å²) in [6.45, 7) is 9.46. The number of benzene rings is 1. The fourth-order valence-electron chi connectivity index (χ4n) is 2.99. The maximum Gasteiger partial charge on any atom is 0.278 e. The highest BCUT2D eigenvalue weighted by atomic mass is 16.5. The van der Waals surface area contributed by atoms with Gasteiger partial charge in [-0.2, -0.15) is 5.10 Å². The van der Waals surface area contributed by atoms with Crippen molar-refractivity contribution < 1.29 is 14.3 Å². The van der Waals surface area contributed by atoms with E-state index in [-0.39, 0.29) is 17.6 Å². The summed E-state index contributed by atoms with van der Waals surface area (Å²) in [7, 11) is 0. The molecule has 25 heavy (non-hydrogen) atoms. The van der Waals surface area contributed by atoms with Gasteiger partial charge in [0.05, 0.1) is 36.7 Å². The van der Waals surface area contributed by atoms with Crippen LogP contribution in [-0.4, -0.2) is 52.0 Å². The molecule has 1 unspecified atom stereocenters. The minimum atomic E-state index is -0.387. The highest BCUT2D eigenvalue weighted by Crippen LogP contribution is 2.28. The number of para-hydroxylation sites is 1. The van der Waals surface area contributed by atoms with Gasteiger partial charge in [0.25, 0.3) is 5.91 Å². The summed E-state index contributed by atoms with van der Waals surface area (Å²) in [5.41, 5.74) is 0.843. The minimum absolute atomic E-state index is 0.0508. The van der Waals surface area contributed by atoms with Crippen molar-refractivity contribution in [1.29, 1.82) is 0 Å². The van der Waals surface area contributed by atoms with Gasteiger partial charge in [-0.15, -0.1) is 0 Å². The highest BCUT2D eigenvalue weighted by molar-refractivity contribution is 5.95. The lowest BCUT2D eigenvalue weighted by Gasteiger charge is -2.44. The van der Waals surface area contributed by atoms with Gasteiger partial charge in [-0.3, -0.25) is 4.79 Å². The Hall–Kier alpha value is -2.34. The van der Waals surface area contributed by atoms with Gasteiger partial charge in [-0.05, 0) is 39.8 Å². The normalized spacial score (nSPS) is 19.7. The summed E-state index contributed by atoms with van der Waals surface area (Å²) in [5, 5.41) is 4.52. The van der Waals surface area contributed by atoms with E-state index >= 15 is 0 Å². The standard InChI is InChI=1S/C19H25N3O3/c1-5-24-16-13-22(15-9-7-6-8-10-15)20-17(16)18(23)21-11-12-25-19(3,4)14(21)2/h6-10,13-14H,5,11-12H2,1-4H3. The fourth-order valence-corrected chi connectivity index (χ4v) is 2.99. The van der Waals surface area contributed by atoms with Gasteiger partial charge in [0.2, 0.25) is 0 Å². The van der Waals surface area contributed by atoms with Crippen molar-refractivity contribution in [1.82, 2.24) is 14.7 Å². The van der Waals surface area contributed by atoms with E-state index in [4.69, 9.17) is 9.47 Å². The van der Waals surface area contributed by atoms with E-state index in [2.05, 4.69) is 5.10 Å². The van der Waals surface area contributed by atoms with Crippen LogP contribution in [0.4, 0.5) is 0 Å². The third-order valence-electron chi connectivity index (χ3n) is 4.74. The lowest BCUT2D eigenvalue weighted by Crippen LogP contribution is -2.57. The summed E-state index contributed by atoms with van der Waals surface area (Å²) >= 11 is 0. The van der Waals surface area contributed by atoms with Crippen LogP contribution in [0.2, 0.25) is 0 Å². The van der Waals surface area contributed by atoms with E-state index < -0.39 is 0 Å². The number of rotatable bonds is 4. The van der Waals surface area contributed by atoms with E-state index in [0.717, 1.165) is 5.69 Å². The molecule has 3 rings (SSSR count). The van der Waals surface area contributed by atoms with Crippen molar-refractivity contribution in [2.24, 2.45) is 0 Å². The zero-order valence-electron chi connectivity index (χ0n) is 15.2. The molecular weight excluding hydrogens is 318 g/mol. The molecule has 1 saturated heterocycles. The third kappa shape index (κ3) is 3.39. The summed E-state index contributed by atoms with van der Waals surface area (Å²) in [6.07, 6.45) is 1.77. The van der Waals surface area contributed by atoms with Crippen molar-refractivity contribution in [3.8, 4) is 11.4 Å². The largest absolute Gasteiger partial charge is 0.490 e. The van der Waals surface area contributed by atoms with E-state index in [9.17, 15) is 4.79 Å². The number of hydrogen-bond donors (Lipinski definition) is 0.